The third-order valence-corrected chi connectivity index (χ3v) is 9.63. The molecule has 3 amide bonds. The molecule has 2 aromatic rings. The molecule has 0 saturated carbocycles. The van der Waals surface area contributed by atoms with Crippen molar-refractivity contribution in [2.24, 2.45) is 0 Å². The molecule has 1 aromatic heterocycles. The zero-order chi connectivity index (χ0) is 24.7. The smallest absolute Gasteiger partial charge is 0.319 e. The van der Waals surface area contributed by atoms with Crippen LogP contribution in [0.2, 0.25) is 0 Å². The quantitative estimate of drug-likeness (QED) is 0.606. The van der Waals surface area contributed by atoms with Gasteiger partial charge in [0.25, 0.3) is 5.91 Å². The van der Waals surface area contributed by atoms with E-state index >= 15 is 0 Å². The minimum absolute atomic E-state index is 0.0130. The van der Waals surface area contributed by atoms with E-state index in [0.717, 1.165) is 10.5 Å². The molecule has 184 valence electrons. The number of nitrogens with zero attached hydrogens (tertiary/aromatic N) is 1. The van der Waals surface area contributed by atoms with Gasteiger partial charge < -0.3 is 10.2 Å². The summed E-state index contributed by atoms with van der Waals surface area (Å²) in [4.78, 5) is 54.3. The van der Waals surface area contributed by atoms with Gasteiger partial charge in [-0.15, -0.1) is 23.1 Å². The molecule has 1 saturated heterocycles. The van der Waals surface area contributed by atoms with E-state index in [9.17, 15) is 23.6 Å². The lowest BCUT2D eigenvalue weighted by Crippen LogP contribution is -2.47. The van der Waals surface area contributed by atoms with Gasteiger partial charge >= 0.3 is 6.03 Å². The molecule has 2 N–H and O–H groups in total. The van der Waals surface area contributed by atoms with E-state index in [1.54, 1.807) is 29.7 Å². The van der Waals surface area contributed by atoms with E-state index < -0.39 is 11.8 Å². The summed E-state index contributed by atoms with van der Waals surface area (Å²) in [5, 5.41) is 5.87. The highest BCUT2D eigenvalue weighted by Crippen LogP contribution is 2.49. The highest BCUT2D eigenvalue weighted by molar-refractivity contribution is 8.01. The summed E-state index contributed by atoms with van der Waals surface area (Å²) < 4.78 is 13.3. The number of likely N-dealkylation sites (tertiary alicyclic amines) is 1. The number of halogens is 1. The van der Waals surface area contributed by atoms with Gasteiger partial charge in [0.2, 0.25) is 0 Å². The Hall–Kier alpha value is -2.72. The van der Waals surface area contributed by atoms with Gasteiger partial charge in [-0.2, -0.15) is 0 Å². The normalized spacial score (nSPS) is 18.7. The number of urea groups is 1. The van der Waals surface area contributed by atoms with Crippen molar-refractivity contribution in [2.45, 2.75) is 55.1 Å². The van der Waals surface area contributed by atoms with Gasteiger partial charge in [-0.25, -0.2) is 9.18 Å². The molecule has 0 bridgehead atoms. The first kappa shape index (κ1) is 24.0. The summed E-state index contributed by atoms with van der Waals surface area (Å²) in [5.41, 5.74) is 1.60. The average molecular weight is 516 g/mol. The van der Waals surface area contributed by atoms with Gasteiger partial charge in [0, 0.05) is 47.7 Å². The Balaban J connectivity index is 1.37. The predicted octanol–water partition coefficient (Wildman–Crippen LogP) is 4.90. The molecule has 0 radical (unpaired) electrons. The number of thiophene rings is 1. The van der Waals surface area contributed by atoms with E-state index in [1.807, 2.05) is 0 Å². The van der Waals surface area contributed by atoms with Gasteiger partial charge in [0.05, 0.1) is 10.4 Å². The van der Waals surface area contributed by atoms with E-state index in [2.05, 4.69) is 10.6 Å². The lowest BCUT2D eigenvalue weighted by molar-refractivity contribution is 0.0696. The van der Waals surface area contributed by atoms with Gasteiger partial charge in [-0.05, 0) is 56.4 Å². The number of hydrogen-bond acceptors (Lipinski definition) is 6. The Bertz CT molecular complexity index is 1230. The van der Waals surface area contributed by atoms with Crippen molar-refractivity contribution in [3.8, 4) is 0 Å². The summed E-state index contributed by atoms with van der Waals surface area (Å²) in [5.74, 6) is -0.645. The van der Waals surface area contributed by atoms with Gasteiger partial charge in [-0.1, -0.05) is 0 Å². The number of Topliss-reactive ketones (excluding diaryl/α,β-unsaturated/α-hetero) is 2. The summed E-state index contributed by atoms with van der Waals surface area (Å²) in [6, 6.07) is 3.94. The number of carbonyl (C=O) groups is 4. The number of nitrogens with one attached hydrogen (secondary N) is 2. The molecule has 3 heterocycles. The molecule has 1 fully saturated rings. The fourth-order valence-corrected chi connectivity index (χ4v) is 7.79. The molecule has 35 heavy (non-hydrogen) atoms. The molecule has 1 aliphatic carbocycles. The second-order valence-corrected chi connectivity index (χ2v) is 11.7. The summed E-state index contributed by atoms with van der Waals surface area (Å²) in [7, 11) is 0. The molecule has 1 aromatic carbocycles. The van der Waals surface area contributed by atoms with Gasteiger partial charge in [-0.3, -0.25) is 19.7 Å². The van der Waals surface area contributed by atoms with E-state index in [0.29, 0.717) is 79.2 Å². The van der Waals surface area contributed by atoms with Crippen LogP contribution in [-0.4, -0.2) is 52.8 Å². The first-order chi connectivity index (χ1) is 16.8. The van der Waals surface area contributed by atoms with E-state index in [1.165, 1.54) is 23.5 Å². The first-order valence-corrected chi connectivity index (χ1v) is 13.5. The largest absolute Gasteiger partial charge is 0.338 e. The molecular weight excluding hydrogens is 489 g/mol. The number of ketones is 2. The van der Waals surface area contributed by atoms with Gasteiger partial charge in [0.1, 0.15) is 10.8 Å². The lowest BCUT2D eigenvalue weighted by Gasteiger charge is -2.43. The van der Waals surface area contributed by atoms with Gasteiger partial charge in [0.15, 0.2) is 11.6 Å². The van der Waals surface area contributed by atoms with Crippen molar-refractivity contribution in [2.75, 3.05) is 25.0 Å². The van der Waals surface area contributed by atoms with Crippen LogP contribution in [0.1, 0.15) is 75.0 Å². The van der Waals surface area contributed by atoms with Crippen molar-refractivity contribution in [3.05, 3.63) is 45.6 Å². The zero-order valence-corrected chi connectivity index (χ0v) is 21.0. The molecule has 7 nitrogen and oxygen atoms in total. The van der Waals surface area contributed by atoms with Crippen molar-refractivity contribution in [1.82, 2.24) is 10.2 Å². The minimum atomic E-state index is -0.413. The Morgan fingerprint density at radius 2 is 1.91 bits per heavy atom. The predicted molar refractivity (Wildman–Crippen MR) is 133 cm³/mol. The highest BCUT2D eigenvalue weighted by Gasteiger charge is 2.43. The number of anilines is 1. The third kappa shape index (κ3) is 4.49. The van der Waals surface area contributed by atoms with Crippen LogP contribution in [0, 0.1) is 5.82 Å². The lowest BCUT2D eigenvalue weighted by atomic mass is 9.87. The monoisotopic (exact) mass is 515 g/mol. The van der Waals surface area contributed by atoms with E-state index in [4.69, 9.17) is 0 Å². The molecule has 0 unspecified atom stereocenters. The second kappa shape index (κ2) is 9.39. The second-order valence-electron chi connectivity index (χ2n) is 9.19. The summed E-state index contributed by atoms with van der Waals surface area (Å²) >= 11 is 2.79. The Kier molecular flexibility index (Phi) is 6.43. The first-order valence-electron chi connectivity index (χ1n) is 11.8. The van der Waals surface area contributed by atoms with Crippen LogP contribution < -0.4 is 10.6 Å². The minimum Gasteiger partial charge on any atom is -0.338 e. The SMILES string of the molecule is CCNC(=O)Nc1sc2c(c1C(=O)N1CCC3(CC1)CC(=O)c1cc(F)ccc1S3)CCCC2=O. The molecule has 5 rings (SSSR count). The van der Waals surface area contributed by atoms with Crippen LogP contribution in [0.3, 0.4) is 0 Å². The maximum absolute atomic E-state index is 13.7. The number of piperidine rings is 1. The number of benzene rings is 1. The van der Waals surface area contributed by atoms with Crippen LogP contribution in [0.4, 0.5) is 14.2 Å². The van der Waals surface area contributed by atoms with Crippen LogP contribution in [0.25, 0.3) is 0 Å². The van der Waals surface area contributed by atoms with Crippen LogP contribution in [-0.2, 0) is 6.42 Å². The standard InChI is InChI=1S/C25H26FN3O4S2/c1-2-27-24(33)28-22-20(15-4-3-5-17(30)21(15)34-22)23(32)29-10-8-25(9-11-29)13-18(31)16-12-14(26)6-7-19(16)35-25/h6-7,12H,2-5,8-11,13H2,1H3,(H2,27,28,33). The maximum Gasteiger partial charge on any atom is 0.319 e. The topological polar surface area (TPSA) is 95.6 Å². The van der Waals surface area contributed by atoms with Crippen molar-refractivity contribution >= 4 is 51.6 Å². The molecule has 0 atom stereocenters. The van der Waals surface area contributed by atoms with Crippen LogP contribution in [0.5, 0.6) is 0 Å². The van der Waals surface area contributed by atoms with Crippen molar-refractivity contribution < 1.29 is 23.6 Å². The molecule has 3 aliphatic rings. The van der Waals surface area contributed by atoms with Crippen molar-refractivity contribution in [1.29, 1.82) is 0 Å². The number of amides is 3. The molecule has 1 spiro atoms. The summed E-state index contributed by atoms with van der Waals surface area (Å²) in [6.45, 7) is 3.18. The third-order valence-electron chi connectivity index (χ3n) is 6.88. The number of thioether (sulfide) groups is 1. The maximum atomic E-state index is 13.7. The molecular formula is C25H26FN3O4S2. The average Bonchev–Trinajstić information content (AvgIpc) is 3.19. The fourth-order valence-electron chi connectivity index (χ4n) is 5.11. The highest BCUT2D eigenvalue weighted by atomic mass is 32.2. The zero-order valence-electron chi connectivity index (χ0n) is 19.4. The molecule has 10 heteroatoms. The Morgan fingerprint density at radius 1 is 1.14 bits per heavy atom. The van der Waals surface area contributed by atoms with Crippen LogP contribution in [0.15, 0.2) is 23.1 Å². The molecule has 2 aliphatic heterocycles. The fraction of sp³-hybridized carbons (Fsp3) is 0.440. The summed E-state index contributed by atoms with van der Waals surface area (Å²) in [6.07, 6.45) is 3.36. The van der Waals surface area contributed by atoms with Crippen molar-refractivity contribution in [3.63, 3.8) is 0 Å². The Labute approximate surface area is 210 Å². The number of fused-ring (bicyclic) bond motifs is 2. The van der Waals surface area contributed by atoms with Crippen LogP contribution >= 0.6 is 23.1 Å². The number of hydrogen-bond donors (Lipinski definition) is 2. The Morgan fingerprint density at radius 3 is 2.66 bits per heavy atom. The van der Waals surface area contributed by atoms with E-state index in [-0.39, 0.29) is 22.2 Å². The number of rotatable bonds is 3. The number of carbonyl (C=O) groups excluding carboxylic acids is 4.